The molecule has 0 spiro atoms. The van der Waals surface area contributed by atoms with Crippen LogP contribution in [0, 0.1) is 13.8 Å². The van der Waals surface area contributed by atoms with Gasteiger partial charge in [-0.05, 0) is 32.9 Å². The van der Waals surface area contributed by atoms with Gasteiger partial charge >= 0.3 is 0 Å². The van der Waals surface area contributed by atoms with Crippen LogP contribution in [0.4, 0.5) is 0 Å². The number of pyridine rings is 1. The van der Waals surface area contributed by atoms with Gasteiger partial charge in [0.15, 0.2) is 5.43 Å². The van der Waals surface area contributed by atoms with Crippen molar-refractivity contribution in [3.8, 4) is 0 Å². The lowest BCUT2D eigenvalue weighted by Gasteiger charge is -2.29. The van der Waals surface area contributed by atoms with Gasteiger partial charge in [-0.2, -0.15) is 0 Å². The molecular formula is C18H27N3O+2. The van der Waals surface area contributed by atoms with Gasteiger partial charge in [0.1, 0.15) is 32.7 Å². The number of aryl methyl sites for hydroxylation is 2. The van der Waals surface area contributed by atoms with Gasteiger partial charge in [-0.1, -0.05) is 11.6 Å². The second kappa shape index (κ2) is 6.23. The summed E-state index contributed by atoms with van der Waals surface area (Å²) >= 11 is 0. The molecule has 1 aromatic carbocycles. The van der Waals surface area contributed by atoms with Crippen molar-refractivity contribution in [1.29, 1.82) is 0 Å². The van der Waals surface area contributed by atoms with E-state index in [0.717, 1.165) is 47.4 Å². The SMILES string of the molecule is CC[NH+]1CC[NH+](Cc2c(C)[nH]c3ccc(C)cc3c2=O)CC1. The number of hydrogen-bond donors (Lipinski definition) is 3. The molecule has 0 radical (unpaired) electrons. The van der Waals surface area contributed by atoms with E-state index < -0.39 is 0 Å². The molecule has 0 unspecified atom stereocenters. The first kappa shape index (κ1) is 15.3. The van der Waals surface area contributed by atoms with E-state index in [-0.39, 0.29) is 5.43 Å². The van der Waals surface area contributed by atoms with Gasteiger partial charge in [-0.3, -0.25) is 4.79 Å². The number of H-pyrrole nitrogens is 1. The first-order chi connectivity index (χ1) is 10.6. The fraction of sp³-hybridized carbons (Fsp3) is 0.500. The van der Waals surface area contributed by atoms with Crippen LogP contribution in [0.1, 0.15) is 23.7 Å². The van der Waals surface area contributed by atoms with E-state index in [0.29, 0.717) is 0 Å². The number of nitrogens with one attached hydrogen (secondary N) is 3. The Morgan fingerprint density at radius 3 is 2.45 bits per heavy atom. The summed E-state index contributed by atoms with van der Waals surface area (Å²) in [6.45, 7) is 13.1. The summed E-state index contributed by atoms with van der Waals surface area (Å²) in [7, 11) is 0. The van der Waals surface area contributed by atoms with Crippen LogP contribution >= 0.6 is 0 Å². The Morgan fingerprint density at radius 2 is 1.77 bits per heavy atom. The number of rotatable bonds is 3. The molecule has 0 atom stereocenters. The molecule has 0 bridgehead atoms. The second-order valence-corrected chi connectivity index (χ2v) is 6.64. The van der Waals surface area contributed by atoms with E-state index in [2.05, 4.69) is 18.0 Å². The molecule has 1 fully saturated rings. The molecule has 0 aliphatic carbocycles. The largest absolute Gasteiger partial charge is 0.358 e. The van der Waals surface area contributed by atoms with Crippen molar-refractivity contribution in [3.63, 3.8) is 0 Å². The Kier molecular flexibility index (Phi) is 4.32. The number of fused-ring (bicyclic) bond motifs is 1. The van der Waals surface area contributed by atoms with Crippen molar-refractivity contribution in [2.45, 2.75) is 27.3 Å². The van der Waals surface area contributed by atoms with E-state index in [1.807, 2.05) is 26.0 Å². The maximum atomic E-state index is 12.9. The van der Waals surface area contributed by atoms with Crippen LogP contribution in [0.2, 0.25) is 0 Å². The Morgan fingerprint density at radius 1 is 1.09 bits per heavy atom. The number of likely N-dealkylation sites (N-methyl/N-ethyl adjacent to an activating group) is 1. The number of hydrogen-bond acceptors (Lipinski definition) is 1. The van der Waals surface area contributed by atoms with Gasteiger partial charge in [-0.25, -0.2) is 0 Å². The van der Waals surface area contributed by atoms with Crippen LogP contribution in [-0.2, 0) is 6.54 Å². The Labute approximate surface area is 131 Å². The molecule has 0 saturated carbocycles. The lowest BCUT2D eigenvalue weighted by molar-refractivity contribution is -1.02. The number of piperazine rings is 1. The lowest BCUT2D eigenvalue weighted by atomic mass is 10.1. The highest BCUT2D eigenvalue weighted by Gasteiger charge is 2.23. The monoisotopic (exact) mass is 301 g/mol. The fourth-order valence-electron chi connectivity index (χ4n) is 3.52. The smallest absolute Gasteiger partial charge is 0.198 e. The third-order valence-corrected chi connectivity index (χ3v) is 5.06. The average molecular weight is 301 g/mol. The van der Waals surface area contributed by atoms with E-state index in [1.54, 1.807) is 4.90 Å². The number of aromatic nitrogens is 1. The molecule has 0 amide bonds. The normalized spacial score (nSPS) is 22.1. The second-order valence-electron chi connectivity index (χ2n) is 6.64. The highest BCUT2D eigenvalue weighted by atomic mass is 16.1. The molecule has 4 heteroatoms. The molecule has 1 saturated heterocycles. The molecule has 3 N–H and O–H groups in total. The van der Waals surface area contributed by atoms with E-state index in [9.17, 15) is 4.79 Å². The predicted octanol–water partition coefficient (Wildman–Crippen LogP) is -0.552. The number of quaternary nitrogens is 2. The van der Waals surface area contributed by atoms with E-state index >= 15 is 0 Å². The summed E-state index contributed by atoms with van der Waals surface area (Å²) in [5.41, 5.74) is 4.30. The Hall–Kier alpha value is -1.65. The maximum Gasteiger partial charge on any atom is 0.198 e. The van der Waals surface area contributed by atoms with Crippen molar-refractivity contribution in [2.75, 3.05) is 32.7 Å². The molecule has 2 aromatic rings. The molecule has 22 heavy (non-hydrogen) atoms. The highest BCUT2D eigenvalue weighted by molar-refractivity contribution is 5.80. The van der Waals surface area contributed by atoms with Crippen LogP contribution in [0.25, 0.3) is 10.9 Å². The van der Waals surface area contributed by atoms with Crippen molar-refractivity contribution >= 4 is 10.9 Å². The van der Waals surface area contributed by atoms with Gasteiger partial charge in [0.05, 0.1) is 12.1 Å². The van der Waals surface area contributed by atoms with Crippen LogP contribution in [0.15, 0.2) is 23.0 Å². The van der Waals surface area contributed by atoms with Gasteiger partial charge < -0.3 is 14.8 Å². The van der Waals surface area contributed by atoms with E-state index in [4.69, 9.17) is 0 Å². The standard InChI is InChI=1S/C18H25N3O/c1-4-20-7-9-21(10-8-20)12-16-14(3)19-17-6-5-13(2)11-15(17)18(16)22/h5-6,11H,4,7-10,12H2,1-3H3,(H,19,22)/p+2. The quantitative estimate of drug-likeness (QED) is 0.700. The summed E-state index contributed by atoms with van der Waals surface area (Å²) in [5, 5.41) is 0.831. The Bertz CT molecular complexity index is 727. The van der Waals surface area contributed by atoms with Gasteiger partial charge in [0, 0.05) is 16.6 Å². The zero-order valence-corrected chi connectivity index (χ0v) is 13.9. The van der Waals surface area contributed by atoms with Gasteiger partial charge in [-0.15, -0.1) is 0 Å². The van der Waals surface area contributed by atoms with Crippen LogP contribution in [0.3, 0.4) is 0 Å². The first-order valence-electron chi connectivity index (χ1n) is 8.37. The molecule has 1 aliphatic rings. The molecule has 4 nitrogen and oxygen atoms in total. The minimum absolute atomic E-state index is 0.215. The number of benzene rings is 1. The van der Waals surface area contributed by atoms with Crippen molar-refractivity contribution in [2.24, 2.45) is 0 Å². The molecule has 118 valence electrons. The Balaban J connectivity index is 1.89. The van der Waals surface area contributed by atoms with E-state index in [1.165, 1.54) is 24.5 Å². The van der Waals surface area contributed by atoms with Gasteiger partial charge in [0.25, 0.3) is 0 Å². The third kappa shape index (κ3) is 2.94. The molecule has 1 aliphatic heterocycles. The molecule has 2 heterocycles. The van der Waals surface area contributed by atoms with Crippen LogP contribution < -0.4 is 15.2 Å². The predicted molar refractivity (Wildman–Crippen MR) is 89.7 cm³/mol. The van der Waals surface area contributed by atoms with Crippen LogP contribution in [-0.4, -0.2) is 37.7 Å². The third-order valence-electron chi connectivity index (χ3n) is 5.06. The summed E-state index contributed by atoms with van der Waals surface area (Å²) in [4.78, 5) is 19.5. The fourth-order valence-corrected chi connectivity index (χ4v) is 3.52. The summed E-state index contributed by atoms with van der Waals surface area (Å²) in [6.07, 6.45) is 0. The summed E-state index contributed by atoms with van der Waals surface area (Å²) in [6, 6.07) is 6.07. The van der Waals surface area contributed by atoms with Crippen molar-refractivity contribution in [1.82, 2.24) is 4.98 Å². The minimum atomic E-state index is 0.215. The molecule has 1 aromatic heterocycles. The minimum Gasteiger partial charge on any atom is -0.358 e. The maximum absolute atomic E-state index is 12.9. The van der Waals surface area contributed by atoms with Crippen LogP contribution in [0.5, 0.6) is 0 Å². The molecule has 3 rings (SSSR count). The lowest BCUT2D eigenvalue weighted by Crippen LogP contribution is -3.27. The highest BCUT2D eigenvalue weighted by Crippen LogP contribution is 2.12. The number of aromatic amines is 1. The summed E-state index contributed by atoms with van der Waals surface area (Å²) in [5.74, 6) is 0. The zero-order valence-electron chi connectivity index (χ0n) is 13.9. The topological polar surface area (TPSA) is 41.7 Å². The molecular weight excluding hydrogens is 274 g/mol. The van der Waals surface area contributed by atoms with Crippen molar-refractivity contribution in [3.05, 3.63) is 45.2 Å². The summed E-state index contributed by atoms with van der Waals surface area (Å²) < 4.78 is 0. The van der Waals surface area contributed by atoms with Crippen molar-refractivity contribution < 1.29 is 9.80 Å². The van der Waals surface area contributed by atoms with Gasteiger partial charge in [0.2, 0.25) is 0 Å². The average Bonchev–Trinajstić information content (AvgIpc) is 2.53. The first-order valence-corrected chi connectivity index (χ1v) is 8.37. The zero-order chi connectivity index (χ0) is 15.7.